The Kier molecular flexibility index (Phi) is 6.37. The van der Waals surface area contributed by atoms with Crippen molar-refractivity contribution in [2.75, 3.05) is 20.2 Å². The third-order valence-corrected chi connectivity index (χ3v) is 3.20. The highest BCUT2D eigenvalue weighted by Gasteiger charge is 2.32. The number of benzene rings is 1. The third kappa shape index (κ3) is 5.19. The van der Waals surface area contributed by atoms with E-state index >= 15 is 0 Å². The highest BCUT2D eigenvalue weighted by atomic mass is 16.5. The lowest BCUT2D eigenvalue weighted by molar-refractivity contribution is -0.149. The first-order chi connectivity index (χ1) is 9.90. The zero-order valence-corrected chi connectivity index (χ0v) is 13.2. The van der Waals surface area contributed by atoms with Crippen LogP contribution in [0.2, 0.25) is 0 Å². The van der Waals surface area contributed by atoms with E-state index in [4.69, 9.17) is 0 Å². The summed E-state index contributed by atoms with van der Waals surface area (Å²) >= 11 is 0. The normalized spacial score (nSPS) is 11.0. The molecule has 0 radical (unpaired) electrons. The van der Waals surface area contributed by atoms with E-state index in [1.165, 1.54) is 12.0 Å². The first-order valence-electron chi connectivity index (χ1n) is 7.06. The average Bonchev–Trinajstić information content (AvgIpc) is 2.46. The molecule has 1 N–H and O–H groups in total. The summed E-state index contributed by atoms with van der Waals surface area (Å²) in [5.41, 5.74) is 0.249. The molecule has 0 saturated carbocycles. The van der Waals surface area contributed by atoms with Crippen LogP contribution in [-0.2, 0) is 20.9 Å². The Morgan fingerprint density at radius 2 is 1.86 bits per heavy atom. The van der Waals surface area contributed by atoms with Crippen LogP contribution in [-0.4, -0.2) is 42.5 Å². The van der Waals surface area contributed by atoms with Gasteiger partial charge in [0.05, 0.1) is 12.6 Å². The molecular weight excluding hydrogens is 268 g/mol. The highest BCUT2D eigenvalue weighted by molar-refractivity contribution is 5.88. The molecule has 1 amide bonds. The molecule has 0 aliphatic rings. The van der Waals surface area contributed by atoms with Crippen LogP contribution in [0.4, 0.5) is 0 Å². The number of amides is 1. The van der Waals surface area contributed by atoms with Crippen molar-refractivity contribution < 1.29 is 14.3 Å². The van der Waals surface area contributed by atoms with Crippen LogP contribution >= 0.6 is 0 Å². The first-order valence-corrected chi connectivity index (χ1v) is 7.06. The summed E-state index contributed by atoms with van der Waals surface area (Å²) in [6.45, 7) is 6.57. The van der Waals surface area contributed by atoms with E-state index in [1.807, 2.05) is 51.1 Å². The molecule has 0 atom stereocenters. The van der Waals surface area contributed by atoms with E-state index in [1.54, 1.807) is 0 Å². The van der Waals surface area contributed by atoms with Crippen LogP contribution in [0.1, 0.15) is 26.3 Å². The second kappa shape index (κ2) is 7.78. The SMILES string of the molecule is CCNC(C)(C)C(=O)N(CC(=O)OC)Cc1ccccc1. The number of nitrogens with one attached hydrogen (secondary N) is 1. The summed E-state index contributed by atoms with van der Waals surface area (Å²) < 4.78 is 4.69. The summed E-state index contributed by atoms with van der Waals surface area (Å²) in [5, 5.41) is 3.14. The number of hydrogen-bond donors (Lipinski definition) is 1. The molecule has 0 aliphatic carbocycles. The maximum atomic E-state index is 12.7. The van der Waals surface area contributed by atoms with Crippen molar-refractivity contribution in [1.82, 2.24) is 10.2 Å². The Hall–Kier alpha value is -1.88. The minimum atomic E-state index is -0.725. The Balaban J connectivity index is 2.91. The van der Waals surface area contributed by atoms with Crippen LogP contribution < -0.4 is 5.32 Å². The quantitative estimate of drug-likeness (QED) is 0.775. The molecule has 1 aromatic rings. The zero-order chi connectivity index (χ0) is 15.9. The molecule has 0 bridgehead atoms. The van der Waals surface area contributed by atoms with Crippen molar-refractivity contribution in [3.8, 4) is 0 Å². The summed E-state index contributed by atoms with van der Waals surface area (Å²) in [7, 11) is 1.32. The Bertz CT molecular complexity index is 472. The Morgan fingerprint density at radius 1 is 1.24 bits per heavy atom. The van der Waals surface area contributed by atoms with Crippen molar-refractivity contribution >= 4 is 11.9 Å². The number of esters is 1. The molecule has 0 heterocycles. The molecule has 0 saturated heterocycles. The predicted molar refractivity (Wildman–Crippen MR) is 81.6 cm³/mol. The van der Waals surface area contributed by atoms with Gasteiger partial charge in [-0.25, -0.2) is 0 Å². The number of ether oxygens (including phenoxy) is 1. The second-order valence-electron chi connectivity index (χ2n) is 5.38. The van der Waals surface area contributed by atoms with Crippen LogP contribution in [0.15, 0.2) is 30.3 Å². The molecule has 0 fully saturated rings. The zero-order valence-electron chi connectivity index (χ0n) is 13.2. The standard InChI is InChI=1S/C16H24N2O3/c1-5-17-16(2,3)15(20)18(12-14(19)21-4)11-13-9-7-6-8-10-13/h6-10,17H,5,11-12H2,1-4H3. The van der Waals surface area contributed by atoms with E-state index in [0.29, 0.717) is 13.1 Å². The number of nitrogens with zero attached hydrogens (tertiary/aromatic N) is 1. The summed E-state index contributed by atoms with van der Waals surface area (Å²) in [6.07, 6.45) is 0. The summed E-state index contributed by atoms with van der Waals surface area (Å²) in [6, 6.07) is 9.59. The fourth-order valence-corrected chi connectivity index (χ4v) is 2.14. The van der Waals surface area contributed by atoms with Crippen molar-refractivity contribution in [1.29, 1.82) is 0 Å². The highest BCUT2D eigenvalue weighted by Crippen LogP contribution is 2.12. The minimum Gasteiger partial charge on any atom is -0.468 e. The number of carbonyl (C=O) groups is 2. The number of carbonyl (C=O) groups excluding carboxylic acids is 2. The fraction of sp³-hybridized carbons (Fsp3) is 0.500. The molecule has 1 aromatic carbocycles. The van der Waals surface area contributed by atoms with Crippen molar-refractivity contribution in [3.63, 3.8) is 0 Å². The van der Waals surface area contributed by atoms with Gasteiger partial charge in [0.1, 0.15) is 6.54 Å². The van der Waals surface area contributed by atoms with Gasteiger partial charge in [0.15, 0.2) is 0 Å². The van der Waals surface area contributed by atoms with Gasteiger partial charge in [0, 0.05) is 6.54 Å². The molecule has 0 aromatic heterocycles. The summed E-state index contributed by atoms with van der Waals surface area (Å²) in [4.78, 5) is 25.7. The van der Waals surface area contributed by atoms with Gasteiger partial charge < -0.3 is 15.0 Å². The number of likely N-dealkylation sites (N-methyl/N-ethyl adjacent to an activating group) is 1. The van der Waals surface area contributed by atoms with Crippen molar-refractivity contribution in [3.05, 3.63) is 35.9 Å². The maximum Gasteiger partial charge on any atom is 0.325 e. The van der Waals surface area contributed by atoms with E-state index in [-0.39, 0.29) is 12.5 Å². The molecule has 0 spiro atoms. The number of methoxy groups -OCH3 is 1. The lowest BCUT2D eigenvalue weighted by atomic mass is 10.0. The van der Waals surface area contributed by atoms with E-state index in [0.717, 1.165) is 5.56 Å². The van der Waals surface area contributed by atoms with Gasteiger partial charge in [-0.05, 0) is 26.0 Å². The molecular formula is C16H24N2O3. The third-order valence-electron chi connectivity index (χ3n) is 3.20. The van der Waals surface area contributed by atoms with Crippen LogP contribution in [0.25, 0.3) is 0 Å². The molecule has 0 unspecified atom stereocenters. The number of hydrogen-bond acceptors (Lipinski definition) is 4. The molecule has 5 heteroatoms. The van der Waals surface area contributed by atoms with Gasteiger partial charge in [0.25, 0.3) is 0 Å². The van der Waals surface area contributed by atoms with Gasteiger partial charge in [-0.3, -0.25) is 9.59 Å². The van der Waals surface area contributed by atoms with Crippen LogP contribution in [0.5, 0.6) is 0 Å². The van der Waals surface area contributed by atoms with Gasteiger partial charge in [-0.2, -0.15) is 0 Å². The van der Waals surface area contributed by atoms with Gasteiger partial charge in [0.2, 0.25) is 5.91 Å². The number of rotatable bonds is 7. The van der Waals surface area contributed by atoms with Crippen LogP contribution in [0.3, 0.4) is 0 Å². The predicted octanol–water partition coefficient (Wildman–Crippen LogP) is 1.58. The van der Waals surface area contributed by atoms with Crippen molar-refractivity contribution in [2.45, 2.75) is 32.9 Å². The molecule has 116 valence electrons. The molecule has 0 aliphatic heterocycles. The van der Waals surface area contributed by atoms with Gasteiger partial charge >= 0.3 is 5.97 Å². The van der Waals surface area contributed by atoms with Crippen LogP contribution in [0, 0.1) is 0 Å². The monoisotopic (exact) mass is 292 g/mol. The average molecular weight is 292 g/mol. The lowest BCUT2D eigenvalue weighted by Gasteiger charge is -2.32. The summed E-state index contributed by atoms with van der Waals surface area (Å²) in [5.74, 6) is -0.551. The lowest BCUT2D eigenvalue weighted by Crippen LogP contribution is -2.54. The van der Waals surface area contributed by atoms with E-state index < -0.39 is 11.5 Å². The fourth-order valence-electron chi connectivity index (χ4n) is 2.14. The molecule has 1 rings (SSSR count). The maximum absolute atomic E-state index is 12.7. The molecule has 5 nitrogen and oxygen atoms in total. The first kappa shape index (κ1) is 17.2. The van der Waals surface area contributed by atoms with E-state index in [9.17, 15) is 9.59 Å². The Labute approximate surface area is 126 Å². The Morgan fingerprint density at radius 3 is 2.38 bits per heavy atom. The minimum absolute atomic E-state index is 0.0565. The van der Waals surface area contributed by atoms with Crippen molar-refractivity contribution in [2.24, 2.45) is 0 Å². The van der Waals surface area contributed by atoms with Gasteiger partial charge in [-0.1, -0.05) is 37.3 Å². The smallest absolute Gasteiger partial charge is 0.325 e. The topological polar surface area (TPSA) is 58.6 Å². The molecule has 21 heavy (non-hydrogen) atoms. The van der Waals surface area contributed by atoms with E-state index in [2.05, 4.69) is 10.1 Å². The second-order valence-corrected chi connectivity index (χ2v) is 5.38. The largest absolute Gasteiger partial charge is 0.468 e. The van der Waals surface area contributed by atoms with Gasteiger partial charge in [-0.15, -0.1) is 0 Å².